The van der Waals surface area contributed by atoms with Gasteiger partial charge >= 0.3 is 5.97 Å². The van der Waals surface area contributed by atoms with Crippen LogP contribution >= 0.6 is 0 Å². The quantitative estimate of drug-likeness (QED) is 0.463. The molecule has 9 nitrogen and oxygen atoms in total. The number of tetrazole rings is 1. The van der Waals surface area contributed by atoms with E-state index in [1.807, 2.05) is 54.6 Å². The predicted molar refractivity (Wildman–Crippen MR) is 111 cm³/mol. The molecule has 3 rings (SSSR count). The third kappa shape index (κ3) is 5.71. The first kappa shape index (κ1) is 21.1. The maximum Gasteiger partial charge on any atom is 0.322 e. The van der Waals surface area contributed by atoms with Gasteiger partial charge in [0.25, 0.3) is 5.95 Å². The van der Waals surface area contributed by atoms with E-state index in [-0.39, 0.29) is 18.5 Å². The number of aromatic nitrogens is 4. The van der Waals surface area contributed by atoms with Crippen molar-refractivity contribution in [2.45, 2.75) is 32.4 Å². The van der Waals surface area contributed by atoms with Gasteiger partial charge in [0.1, 0.15) is 6.04 Å². The van der Waals surface area contributed by atoms with Gasteiger partial charge in [-0.25, -0.2) is 0 Å². The topological polar surface area (TPSA) is 122 Å². The Morgan fingerprint density at radius 3 is 2.40 bits per heavy atom. The second kappa shape index (κ2) is 10.3. The summed E-state index contributed by atoms with van der Waals surface area (Å²) < 4.78 is 5.03. The number of H-pyrrole nitrogens is 1. The van der Waals surface area contributed by atoms with Gasteiger partial charge < -0.3 is 4.74 Å². The lowest BCUT2D eigenvalue weighted by Gasteiger charge is -2.21. The molecule has 0 spiro atoms. The summed E-state index contributed by atoms with van der Waals surface area (Å²) in [5.74, 6) is -0.732. The highest BCUT2D eigenvalue weighted by atomic mass is 16.5. The summed E-state index contributed by atoms with van der Waals surface area (Å²) in [5.41, 5.74) is 3.14. The summed E-state index contributed by atoms with van der Waals surface area (Å²) in [5, 5.41) is 18.8. The highest BCUT2D eigenvalue weighted by Crippen LogP contribution is 2.20. The Morgan fingerprint density at radius 1 is 1.07 bits per heavy atom. The van der Waals surface area contributed by atoms with Crippen molar-refractivity contribution < 1.29 is 14.3 Å². The smallest absolute Gasteiger partial charge is 0.322 e. The van der Waals surface area contributed by atoms with Crippen molar-refractivity contribution in [3.05, 3.63) is 60.2 Å². The average molecular weight is 408 g/mol. The van der Waals surface area contributed by atoms with Crippen LogP contribution in [0.4, 0.5) is 5.95 Å². The van der Waals surface area contributed by atoms with E-state index in [1.165, 1.54) is 0 Å². The molecule has 0 saturated carbocycles. The van der Waals surface area contributed by atoms with Crippen LogP contribution in [0.25, 0.3) is 11.1 Å². The van der Waals surface area contributed by atoms with Crippen molar-refractivity contribution in [1.29, 1.82) is 0 Å². The number of carbonyl (C=O) groups excluding carboxylic acids is 2. The van der Waals surface area contributed by atoms with E-state index in [4.69, 9.17) is 4.74 Å². The predicted octanol–water partition coefficient (Wildman–Crippen LogP) is 1.96. The first-order valence-corrected chi connectivity index (χ1v) is 9.68. The maximum absolute atomic E-state index is 12.8. The van der Waals surface area contributed by atoms with Crippen LogP contribution < -0.4 is 10.6 Å². The van der Waals surface area contributed by atoms with Gasteiger partial charge in [-0.05, 0) is 42.2 Å². The normalized spacial score (nSPS) is 12.7. The number of hydrogen-bond donors (Lipinski definition) is 3. The maximum atomic E-state index is 12.8. The summed E-state index contributed by atoms with van der Waals surface area (Å²) in [6.45, 7) is 3.66. The number of aromatic amines is 1. The monoisotopic (exact) mass is 408 g/mol. The molecule has 0 radical (unpaired) electrons. The van der Waals surface area contributed by atoms with Gasteiger partial charge in [-0.3, -0.25) is 20.2 Å². The molecule has 1 heterocycles. The minimum Gasteiger partial charge on any atom is -0.465 e. The molecule has 1 amide bonds. The van der Waals surface area contributed by atoms with Crippen LogP contribution in [0.2, 0.25) is 0 Å². The molecule has 1 unspecified atom stereocenters. The van der Waals surface area contributed by atoms with Gasteiger partial charge in [0.2, 0.25) is 5.91 Å². The Morgan fingerprint density at radius 2 is 1.77 bits per heavy atom. The summed E-state index contributed by atoms with van der Waals surface area (Å²) in [6.07, 6.45) is 0.364. The van der Waals surface area contributed by atoms with E-state index in [1.54, 1.807) is 13.8 Å². The molecule has 2 atom stereocenters. The third-order valence-corrected chi connectivity index (χ3v) is 4.49. The fourth-order valence-electron chi connectivity index (χ4n) is 2.98. The number of benzene rings is 2. The highest BCUT2D eigenvalue weighted by molar-refractivity contribution is 5.94. The first-order valence-electron chi connectivity index (χ1n) is 9.68. The van der Waals surface area contributed by atoms with Crippen molar-refractivity contribution >= 4 is 17.8 Å². The third-order valence-electron chi connectivity index (χ3n) is 4.49. The fraction of sp³-hybridized carbons (Fsp3) is 0.286. The fourth-order valence-corrected chi connectivity index (χ4v) is 2.98. The number of esters is 1. The van der Waals surface area contributed by atoms with Gasteiger partial charge in [-0.15, -0.1) is 5.10 Å². The molecule has 1 aromatic heterocycles. The van der Waals surface area contributed by atoms with E-state index in [9.17, 15) is 9.59 Å². The van der Waals surface area contributed by atoms with Crippen molar-refractivity contribution in [3.63, 3.8) is 0 Å². The van der Waals surface area contributed by atoms with Crippen LogP contribution in [0.3, 0.4) is 0 Å². The van der Waals surface area contributed by atoms with E-state index >= 15 is 0 Å². The Bertz CT molecular complexity index is 945. The Hall–Kier alpha value is -3.59. The summed E-state index contributed by atoms with van der Waals surface area (Å²) in [7, 11) is 0. The van der Waals surface area contributed by atoms with E-state index < -0.39 is 18.1 Å². The second-order valence-electron chi connectivity index (χ2n) is 6.68. The molecule has 3 aromatic rings. The lowest BCUT2D eigenvalue weighted by atomic mass is 10.00. The Kier molecular flexibility index (Phi) is 7.23. The molecule has 156 valence electrons. The van der Waals surface area contributed by atoms with Crippen molar-refractivity contribution in [3.8, 4) is 11.1 Å². The minimum absolute atomic E-state index is 0.0648. The zero-order valence-electron chi connectivity index (χ0n) is 16.8. The summed E-state index contributed by atoms with van der Waals surface area (Å²) in [6, 6.07) is 16.6. The molecule has 9 heteroatoms. The molecule has 30 heavy (non-hydrogen) atoms. The van der Waals surface area contributed by atoms with E-state index in [0.717, 1.165) is 16.7 Å². The first-order chi connectivity index (χ1) is 14.6. The molecule has 0 fully saturated rings. The van der Waals surface area contributed by atoms with Crippen molar-refractivity contribution in [2.75, 3.05) is 11.9 Å². The second-order valence-corrected chi connectivity index (χ2v) is 6.68. The SMILES string of the molecule is CCOC(=O)C(C)N[C@@H](Cc1ccc(-c2ccccc2)cc1)C(=O)Nc1nn[nH]n1. The molecule has 0 aliphatic carbocycles. The number of nitrogens with zero attached hydrogens (tertiary/aromatic N) is 3. The number of hydrogen-bond acceptors (Lipinski definition) is 7. The Balaban J connectivity index is 1.73. The summed E-state index contributed by atoms with van der Waals surface area (Å²) in [4.78, 5) is 24.8. The Labute approximate surface area is 174 Å². The van der Waals surface area contributed by atoms with Gasteiger partial charge in [-0.1, -0.05) is 59.7 Å². The van der Waals surface area contributed by atoms with Crippen molar-refractivity contribution in [2.24, 2.45) is 0 Å². The number of amides is 1. The largest absolute Gasteiger partial charge is 0.465 e. The molecule has 2 aromatic carbocycles. The van der Waals surface area contributed by atoms with E-state index in [0.29, 0.717) is 6.42 Å². The zero-order valence-corrected chi connectivity index (χ0v) is 16.8. The number of rotatable bonds is 9. The average Bonchev–Trinajstić information content (AvgIpc) is 3.27. The molecular formula is C21H24N6O3. The van der Waals surface area contributed by atoms with Crippen molar-refractivity contribution in [1.82, 2.24) is 25.9 Å². The van der Waals surface area contributed by atoms with Crippen LogP contribution in [0.5, 0.6) is 0 Å². The van der Waals surface area contributed by atoms with Crippen LogP contribution in [0.15, 0.2) is 54.6 Å². The van der Waals surface area contributed by atoms with Gasteiger partial charge in [-0.2, -0.15) is 5.21 Å². The number of nitrogens with one attached hydrogen (secondary N) is 3. The van der Waals surface area contributed by atoms with Gasteiger partial charge in [0.15, 0.2) is 0 Å². The van der Waals surface area contributed by atoms with Gasteiger partial charge in [0, 0.05) is 0 Å². The minimum atomic E-state index is -0.703. The molecule has 3 N–H and O–H groups in total. The van der Waals surface area contributed by atoms with E-state index in [2.05, 4.69) is 31.3 Å². The highest BCUT2D eigenvalue weighted by Gasteiger charge is 2.25. The van der Waals surface area contributed by atoms with Crippen LogP contribution in [0.1, 0.15) is 19.4 Å². The molecular weight excluding hydrogens is 384 g/mol. The lowest BCUT2D eigenvalue weighted by molar-refractivity contribution is -0.145. The zero-order chi connectivity index (χ0) is 21.3. The number of carbonyl (C=O) groups is 2. The standard InChI is InChI=1S/C21H24N6O3/c1-3-30-20(29)14(2)22-18(19(28)23-21-24-26-27-25-21)13-15-9-11-17(12-10-15)16-7-5-4-6-8-16/h4-12,14,18,22H,3,13H2,1-2H3,(H2,23,24,25,26,27,28)/t14?,18-/m0/s1. The summed E-state index contributed by atoms with van der Waals surface area (Å²) >= 11 is 0. The molecule has 0 bridgehead atoms. The van der Waals surface area contributed by atoms with Crippen LogP contribution in [0, 0.1) is 0 Å². The van der Waals surface area contributed by atoms with Gasteiger partial charge in [0.05, 0.1) is 12.6 Å². The molecule has 0 aliphatic heterocycles. The number of anilines is 1. The van der Waals surface area contributed by atoms with Crippen LogP contribution in [-0.2, 0) is 20.7 Å². The molecule has 0 aliphatic rings. The molecule has 0 saturated heterocycles. The number of ether oxygens (including phenoxy) is 1. The lowest BCUT2D eigenvalue weighted by Crippen LogP contribution is -2.49. The van der Waals surface area contributed by atoms with Crippen LogP contribution in [-0.4, -0.2) is 51.2 Å².